The van der Waals surface area contributed by atoms with Gasteiger partial charge in [0.25, 0.3) is 0 Å². The number of hydrogen-bond donors (Lipinski definition) is 1. The molecule has 1 aromatic rings. The Labute approximate surface area is 173 Å². The van der Waals surface area contributed by atoms with Crippen molar-refractivity contribution >= 4 is 17.9 Å². The van der Waals surface area contributed by atoms with Crippen molar-refractivity contribution in [2.45, 2.75) is 72.1 Å². The molecule has 0 radical (unpaired) electrons. The van der Waals surface area contributed by atoms with Gasteiger partial charge in [0.2, 0.25) is 0 Å². The summed E-state index contributed by atoms with van der Waals surface area (Å²) in [6.45, 7) is 11.1. The predicted octanol–water partition coefficient (Wildman–Crippen LogP) is 3.05. The highest BCUT2D eigenvalue weighted by Gasteiger charge is 2.27. The lowest BCUT2D eigenvalue weighted by molar-refractivity contribution is -0.157. The van der Waals surface area contributed by atoms with Gasteiger partial charge in [-0.3, -0.25) is 14.9 Å². The Bertz CT molecular complexity index is 678. The highest BCUT2D eigenvalue weighted by molar-refractivity contribution is 5.89. The standard InChI is InChI=1S/C22H33NO6/c1-7-27-20(25)17-12-9-16(10-13-17)11-14-18(21(26)28-8-2)23-15(3)19(24)29-22(4,5)6/h9-10,12-13,15,18,23H,7-8,11,14H2,1-6H3/t15-,18?/m0/s1. The van der Waals surface area contributed by atoms with Crippen LogP contribution in [0.1, 0.15) is 63.9 Å². The van der Waals surface area contributed by atoms with Crippen LogP contribution in [-0.2, 0) is 30.2 Å². The molecule has 29 heavy (non-hydrogen) atoms. The summed E-state index contributed by atoms with van der Waals surface area (Å²) >= 11 is 0. The van der Waals surface area contributed by atoms with Crippen molar-refractivity contribution < 1.29 is 28.6 Å². The second-order valence-corrected chi connectivity index (χ2v) is 7.68. The van der Waals surface area contributed by atoms with Gasteiger partial charge in [0.15, 0.2) is 0 Å². The van der Waals surface area contributed by atoms with E-state index in [-0.39, 0.29) is 12.6 Å². The van der Waals surface area contributed by atoms with Crippen LogP contribution in [0.2, 0.25) is 0 Å². The van der Waals surface area contributed by atoms with Crippen LogP contribution in [0.4, 0.5) is 0 Å². The fourth-order valence-corrected chi connectivity index (χ4v) is 2.60. The van der Waals surface area contributed by atoms with E-state index in [1.165, 1.54) is 0 Å². The summed E-state index contributed by atoms with van der Waals surface area (Å²) in [5.74, 6) is -1.20. The normalized spacial score (nSPS) is 13.3. The van der Waals surface area contributed by atoms with Gasteiger partial charge in [-0.2, -0.15) is 0 Å². The number of hydrogen-bond acceptors (Lipinski definition) is 7. The Morgan fingerprint density at radius 2 is 1.55 bits per heavy atom. The Hall–Kier alpha value is -2.41. The number of carbonyl (C=O) groups is 3. The molecule has 0 bridgehead atoms. The van der Waals surface area contributed by atoms with Crippen molar-refractivity contribution in [2.75, 3.05) is 13.2 Å². The van der Waals surface area contributed by atoms with E-state index in [4.69, 9.17) is 14.2 Å². The molecular weight excluding hydrogens is 374 g/mol. The van der Waals surface area contributed by atoms with Crippen LogP contribution < -0.4 is 5.32 Å². The van der Waals surface area contributed by atoms with Crippen molar-refractivity contribution in [3.8, 4) is 0 Å². The molecule has 2 atom stereocenters. The van der Waals surface area contributed by atoms with E-state index in [1.807, 2.05) is 12.1 Å². The van der Waals surface area contributed by atoms with E-state index in [0.717, 1.165) is 5.56 Å². The lowest BCUT2D eigenvalue weighted by Gasteiger charge is -2.25. The average molecular weight is 408 g/mol. The summed E-state index contributed by atoms with van der Waals surface area (Å²) < 4.78 is 15.5. The minimum atomic E-state index is -0.658. The van der Waals surface area contributed by atoms with Crippen molar-refractivity contribution in [3.63, 3.8) is 0 Å². The SMILES string of the molecule is CCOC(=O)c1ccc(CCC(N[C@@H](C)C(=O)OC(C)(C)C)C(=O)OCC)cc1. The molecular formula is C22H33NO6. The summed E-state index contributed by atoms with van der Waals surface area (Å²) in [6.07, 6.45) is 1.01. The molecule has 0 heterocycles. The van der Waals surface area contributed by atoms with Crippen molar-refractivity contribution in [1.82, 2.24) is 5.32 Å². The maximum atomic E-state index is 12.3. The number of aryl methyl sites for hydroxylation is 1. The third-order valence-electron chi connectivity index (χ3n) is 3.97. The first kappa shape index (κ1) is 24.6. The van der Waals surface area contributed by atoms with Crippen LogP contribution in [-0.4, -0.2) is 48.8 Å². The maximum Gasteiger partial charge on any atom is 0.338 e. The monoisotopic (exact) mass is 407 g/mol. The fourth-order valence-electron chi connectivity index (χ4n) is 2.60. The number of nitrogens with one attached hydrogen (secondary N) is 1. The van der Waals surface area contributed by atoms with Gasteiger partial charge < -0.3 is 14.2 Å². The van der Waals surface area contributed by atoms with Crippen LogP contribution in [0.5, 0.6) is 0 Å². The molecule has 1 N–H and O–H groups in total. The first-order valence-electron chi connectivity index (χ1n) is 9.99. The predicted molar refractivity (Wildman–Crippen MR) is 110 cm³/mol. The van der Waals surface area contributed by atoms with Gasteiger partial charge in [-0.05, 0) is 72.1 Å². The van der Waals surface area contributed by atoms with Gasteiger partial charge in [0, 0.05) is 0 Å². The number of carbonyl (C=O) groups excluding carboxylic acids is 3. The van der Waals surface area contributed by atoms with Crippen LogP contribution in [0.3, 0.4) is 0 Å². The Morgan fingerprint density at radius 3 is 2.07 bits per heavy atom. The molecule has 0 aromatic heterocycles. The topological polar surface area (TPSA) is 90.9 Å². The molecule has 162 valence electrons. The summed E-state index contributed by atoms with van der Waals surface area (Å²) in [7, 11) is 0. The van der Waals surface area contributed by atoms with E-state index in [9.17, 15) is 14.4 Å². The van der Waals surface area contributed by atoms with Gasteiger partial charge in [-0.25, -0.2) is 4.79 Å². The summed E-state index contributed by atoms with van der Waals surface area (Å²) in [6, 6.07) is 5.74. The Morgan fingerprint density at radius 1 is 0.966 bits per heavy atom. The molecule has 0 aliphatic rings. The molecule has 0 amide bonds. The van der Waals surface area contributed by atoms with E-state index < -0.39 is 29.6 Å². The van der Waals surface area contributed by atoms with Gasteiger partial charge in [-0.15, -0.1) is 0 Å². The highest BCUT2D eigenvalue weighted by atomic mass is 16.6. The van der Waals surface area contributed by atoms with E-state index in [0.29, 0.717) is 25.0 Å². The zero-order valence-corrected chi connectivity index (χ0v) is 18.2. The number of rotatable bonds is 10. The van der Waals surface area contributed by atoms with Crippen molar-refractivity contribution in [3.05, 3.63) is 35.4 Å². The van der Waals surface area contributed by atoms with Crippen LogP contribution in [0.25, 0.3) is 0 Å². The minimum absolute atomic E-state index is 0.256. The van der Waals surface area contributed by atoms with E-state index in [2.05, 4.69) is 5.32 Å². The molecule has 1 unspecified atom stereocenters. The van der Waals surface area contributed by atoms with E-state index in [1.54, 1.807) is 53.7 Å². The first-order chi connectivity index (χ1) is 13.6. The molecule has 0 aliphatic heterocycles. The molecule has 0 fully saturated rings. The van der Waals surface area contributed by atoms with Gasteiger partial charge >= 0.3 is 17.9 Å². The molecule has 0 spiro atoms. The summed E-state index contributed by atoms with van der Waals surface area (Å²) in [4.78, 5) is 36.3. The largest absolute Gasteiger partial charge is 0.465 e. The molecule has 7 heteroatoms. The first-order valence-corrected chi connectivity index (χ1v) is 9.99. The second-order valence-electron chi connectivity index (χ2n) is 7.68. The summed E-state index contributed by atoms with van der Waals surface area (Å²) in [5, 5.41) is 3.02. The van der Waals surface area contributed by atoms with Gasteiger partial charge in [0.1, 0.15) is 17.7 Å². The molecule has 0 saturated heterocycles. The minimum Gasteiger partial charge on any atom is -0.465 e. The third-order valence-corrected chi connectivity index (χ3v) is 3.97. The van der Waals surface area contributed by atoms with E-state index >= 15 is 0 Å². The number of benzene rings is 1. The average Bonchev–Trinajstić information content (AvgIpc) is 2.64. The van der Waals surface area contributed by atoms with Crippen LogP contribution in [0.15, 0.2) is 24.3 Å². The van der Waals surface area contributed by atoms with Gasteiger partial charge in [-0.1, -0.05) is 12.1 Å². The molecule has 1 aromatic carbocycles. The lowest BCUT2D eigenvalue weighted by atomic mass is 10.0. The zero-order valence-electron chi connectivity index (χ0n) is 18.2. The third kappa shape index (κ3) is 9.09. The Kier molecular flexibility index (Phi) is 9.81. The van der Waals surface area contributed by atoms with Crippen molar-refractivity contribution in [1.29, 1.82) is 0 Å². The molecule has 7 nitrogen and oxygen atoms in total. The zero-order chi connectivity index (χ0) is 22.0. The smallest absolute Gasteiger partial charge is 0.338 e. The number of esters is 3. The second kappa shape index (κ2) is 11.6. The Balaban J connectivity index is 2.75. The fraction of sp³-hybridized carbons (Fsp3) is 0.591. The molecule has 0 aliphatic carbocycles. The van der Waals surface area contributed by atoms with Crippen molar-refractivity contribution in [2.24, 2.45) is 0 Å². The van der Waals surface area contributed by atoms with Crippen LogP contribution in [0, 0.1) is 0 Å². The number of ether oxygens (including phenoxy) is 3. The maximum absolute atomic E-state index is 12.3. The quantitative estimate of drug-likeness (QED) is 0.471. The highest BCUT2D eigenvalue weighted by Crippen LogP contribution is 2.12. The summed E-state index contributed by atoms with van der Waals surface area (Å²) in [5.41, 5.74) is 0.834. The van der Waals surface area contributed by atoms with Crippen LogP contribution >= 0.6 is 0 Å². The van der Waals surface area contributed by atoms with Gasteiger partial charge in [0.05, 0.1) is 18.8 Å². The lowest BCUT2D eigenvalue weighted by Crippen LogP contribution is -2.48. The molecule has 1 rings (SSSR count). The molecule has 0 saturated carbocycles.